The predicted octanol–water partition coefficient (Wildman–Crippen LogP) is 0.967. The summed E-state index contributed by atoms with van der Waals surface area (Å²) >= 11 is 0. The van der Waals surface area contributed by atoms with Gasteiger partial charge in [-0.15, -0.1) is 0 Å². The number of carbonyl (C=O) groups is 1. The summed E-state index contributed by atoms with van der Waals surface area (Å²) < 4.78 is 22.6. The summed E-state index contributed by atoms with van der Waals surface area (Å²) in [5.41, 5.74) is 0. The van der Waals surface area contributed by atoms with E-state index in [4.69, 9.17) is 9.47 Å². The Morgan fingerprint density at radius 1 is 1.50 bits per heavy atom. The number of hydrogen-bond acceptors (Lipinski definition) is 3. The average Bonchev–Trinajstić information content (AvgIpc) is 2.27. The minimum atomic E-state index is -0.391. The third-order valence-electron chi connectivity index (χ3n) is 1.79. The van der Waals surface area contributed by atoms with Crippen LogP contribution in [0.2, 0.25) is 0 Å². The molecule has 0 bridgehead atoms. The summed E-state index contributed by atoms with van der Waals surface area (Å²) in [6, 6.07) is 5.65. The van der Waals surface area contributed by atoms with E-state index < -0.39 is 5.82 Å². The maximum absolute atomic E-state index is 12.7. The second-order valence-electron chi connectivity index (χ2n) is 3.09. The molecule has 0 unspecified atom stereocenters. The molecule has 0 atom stereocenters. The van der Waals surface area contributed by atoms with E-state index in [1.54, 1.807) is 13.2 Å². The molecule has 1 amide bonds. The molecule has 0 saturated heterocycles. The first-order chi connectivity index (χ1) is 7.72. The van der Waals surface area contributed by atoms with E-state index in [0.29, 0.717) is 18.9 Å². The van der Waals surface area contributed by atoms with Crippen LogP contribution >= 0.6 is 0 Å². The van der Waals surface area contributed by atoms with Crippen LogP contribution in [0.4, 0.5) is 4.39 Å². The normalized spacial score (nSPS) is 9.88. The van der Waals surface area contributed by atoms with Crippen LogP contribution in [0.25, 0.3) is 0 Å². The van der Waals surface area contributed by atoms with Crippen LogP contribution < -0.4 is 10.1 Å². The summed E-state index contributed by atoms with van der Waals surface area (Å²) in [5, 5.41) is 2.59. The molecule has 1 aromatic carbocycles. The topological polar surface area (TPSA) is 47.6 Å². The number of carbonyl (C=O) groups excluding carboxylic acids is 1. The van der Waals surface area contributed by atoms with E-state index in [1.807, 2.05) is 0 Å². The van der Waals surface area contributed by atoms with E-state index in [2.05, 4.69) is 5.32 Å². The fourth-order valence-electron chi connectivity index (χ4n) is 1.05. The first-order valence-corrected chi connectivity index (χ1v) is 4.86. The van der Waals surface area contributed by atoms with Crippen molar-refractivity contribution in [3.05, 3.63) is 30.1 Å². The van der Waals surface area contributed by atoms with Gasteiger partial charge in [-0.2, -0.15) is 0 Å². The minimum absolute atomic E-state index is 0.132. The van der Waals surface area contributed by atoms with Crippen molar-refractivity contribution < 1.29 is 18.7 Å². The third-order valence-corrected chi connectivity index (χ3v) is 1.79. The minimum Gasteiger partial charge on any atom is -0.484 e. The lowest BCUT2D eigenvalue weighted by Gasteiger charge is -2.06. The van der Waals surface area contributed by atoms with Gasteiger partial charge in [0.2, 0.25) is 0 Å². The van der Waals surface area contributed by atoms with Crippen LogP contribution in [0.15, 0.2) is 24.3 Å². The molecule has 16 heavy (non-hydrogen) atoms. The number of ether oxygens (including phenoxy) is 2. The number of benzene rings is 1. The Bertz CT molecular complexity index is 344. The van der Waals surface area contributed by atoms with Crippen molar-refractivity contribution in [1.29, 1.82) is 0 Å². The van der Waals surface area contributed by atoms with E-state index in [9.17, 15) is 9.18 Å². The first kappa shape index (κ1) is 12.4. The fourth-order valence-corrected chi connectivity index (χ4v) is 1.05. The molecule has 0 aliphatic rings. The monoisotopic (exact) mass is 227 g/mol. The lowest BCUT2D eigenvalue weighted by atomic mass is 10.3. The average molecular weight is 227 g/mol. The molecule has 1 N–H and O–H groups in total. The lowest BCUT2D eigenvalue weighted by molar-refractivity contribution is -0.123. The molecular formula is C11H14FNO3. The van der Waals surface area contributed by atoms with Crippen LogP contribution in [0.5, 0.6) is 5.75 Å². The summed E-state index contributed by atoms with van der Waals surface area (Å²) in [4.78, 5) is 11.2. The molecule has 0 aliphatic heterocycles. The second kappa shape index (κ2) is 6.79. The SMILES string of the molecule is COCCNC(=O)COc1cccc(F)c1. The Kier molecular flexibility index (Phi) is 5.28. The molecule has 1 aromatic rings. The van der Waals surface area contributed by atoms with E-state index in [-0.39, 0.29) is 12.5 Å². The van der Waals surface area contributed by atoms with Crippen molar-refractivity contribution in [3.8, 4) is 5.75 Å². The smallest absolute Gasteiger partial charge is 0.258 e. The van der Waals surface area contributed by atoms with Crippen molar-refractivity contribution in [2.75, 3.05) is 26.9 Å². The molecule has 0 aliphatic carbocycles. The van der Waals surface area contributed by atoms with Crippen molar-refractivity contribution >= 4 is 5.91 Å². The molecular weight excluding hydrogens is 213 g/mol. The Balaban J connectivity index is 2.26. The van der Waals surface area contributed by atoms with Gasteiger partial charge in [0.1, 0.15) is 11.6 Å². The fraction of sp³-hybridized carbons (Fsp3) is 0.364. The van der Waals surface area contributed by atoms with Gasteiger partial charge in [-0.1, -0.05) is 6.07 Å². The standard InChI is InChI=1S/C11H14FNO3/c1-15-6-5-13-11(14)8-16-10-4-2-3-9(12)7-10/h2-4,7H,5-6,8H2,1H3,(H,13,14). The summed E-state index contributed by atoms with van der Waals surface area (Å²) in [6.07, 6.45) is 0. The zero-order chi connectivity index (χ0) is 11.8. The highest BCUT2D eigenvalue weighted by Gasteiger charge is 2.02. The molecule has 0 fully saturated rings. The van der Waals surface area contributed by atoms with Crippen molar-refractivity contribution in [2.24, 2.45) is 0 Å². The lowest BCUT2D eigenvalue weighted by Crippen LogP contribution is -2.31. The number of nitrogens with one attached hydrogen (secondary N) is 1. The zero-order valence-corrected chi connectivity index (χ0v) is 9.03. The van der Waals surface area contributed by atoms with Gasteiger partial charge >= 0.3 is 0 Å². The van der Waals surface area contributed by atoms with Gasteiger partial charge in [-0.05, 0) is 12.1 Å². The number of methoxy groups -OCH3 is 1. The Hall–Kier alpha value is -1.62. The van der Waals surface area contributed by atoms with Crippen LogP contribution in [0.3, 0.4) is 0 Å². The number of amides is 1. The Morgan fingerprint density at radius 2 is 2.31 bits per heavy atom. The molecule has 0 saturated carbocycles. The van der Waals surface area contributed by atoms with E-state index in [0.717, 1.165) is 0 Å². The molecule has 0 heterocycles. The molecule has 1 rings (SSSR count). The van der Waals surface area contributed by atoms with Gasteiger partial charge in [0.15, 0.2) is 6.61 Å². The molecule has 5 heteroatoms. The molecule has 4 nitrogen and oxygen atoms in total. The van der Waals surface area contributed by atoms with Crippen molar-refractivity contribution in [2.45, 2.75) is 0 Å². The van der Waals surface area contributed by atoms with E-state index in [1.165, 1.54) is 18.2 Å². The van der Waals surface area contributed by atoms with E-state index >= 15 is 0 Å². The zero-order valence-electron chi connectivity index (χ0n) is 9.03. The second-order valence-corrected chi connectivity index (χ2v) is 3.09. The largest absolute Gasteiger partial charge is 0.484 e. The quantitative estimate of drug-likeness (QED) is 0.736. The maximum Gasteiger partial charge on any atom is 0.258 e. The Morgan fingerprint density at radius 3 is 3.00 bits per heavy atom. The molecule has 0 aromatic heterocycles. The molecule has 88 valence electrons. The highest BCUT2D eigenvalue weighted by Crippen LogP contribution is 2.11. The third kappa shape index (κ3) is 4.75. The van der Waals surface area contributed by atoms with Crippen molar-refractivity contribution in [1.82, 2.24) is 5.32 Å². The molecule has 0 spiro atoms. The van der Waals surface area contributed by atoms with Crippen LogP contribution in [0, 0.1) is 5.82 Å². The van der Waals surface area contributed by atoms with Gasteiger partial charge in [0, 0.05) is 19.7 Å². The maximum atomic E-state index is 12.7. The summed E-state index contributed by atoms with van der Waals surface area (Å²) in [6.45, 7) is 0.751. The molecule has 0 radical (unpaired) electrons. The summed E-state index contributed by atoms with van der Waals surface area (Å²) in [7, 11) is 1.55. The Labute approximate surface area is 93.4 Å². The highest BCUT2D eigenvalue weighted by atomic mass is 19.1. The van der Waals surface area contributed by atoms with Gasteiger partial charge in [-0.3, -0.25) is 4.79 Å². The van der Waals surface area contributed by atoms with Crippen LogP contribution in [-0.4, -0.2) is 32.8 Å². The summed E-state index contributed by atoms with van der Waals surface area (Å²) in [5.74, 6) is -0.319. The van der Waals surface area contributed by atoms with Gasteiger partial charge in [-0.25, -0.2) is 4.39 Å². The number of halogens is 1. The van der Waals surface area contributed by atoms with Gasteiger partial charge in [0.05, 0.1) is 6.61 Å². The predicted molar refractivity (Wildman–Crippen MR) is 56.8 cm³/mol. The van der Waals surface area contributed by atoms with Crippen LogP contribution in [-0.2, 0) is 9.53 Å². The van der Waals surface area contributed by atoms with Gasteiger partial charge in [0.25, 0.3) is 5.91 Å². The number of rotatable bonds is 6. The highest BCUT2D eigenvalue weighted by molar-refractivity contribution is 5.77. The van der Waals surface area contributed by atoms with Crippen LogP contribution in [0.1, 0.15) is 0 Å². The van der Waals surface area contributed by atoms with Gasteiger partial charge < -0.3 is 14.8 Å². The first-order valence-electron chi connectivity index (χ1n) is 4.86. The number of hydrogen-bond donors (Lipinski definition) is 1. The van der Waals surface area contributed by atoms with Crippen molar-refractivity contribution in [3.63, 3.8) is 0 Å².